The van der Waals surface area contributed by atoms with Crippen LogP contribution in [0.5, 0.6) is 0 Å². The first kappa shape index (κ1) is 13.0. The van der Waals surface area contributed by atoms with Crippen LogP contribution in [0, 0.1) is 11.8 Å². The van der Waals surface area contributed by atoms with Crippen LogP contribution in [0.1, 0.15) is 41.0 Å². The average molecular weight is 213 g/mol. The van der Waals surface area contributed by atoms with E-state index in [-0.39, 0.29) is 0 Å². The monoisotopic (exact) mass is 213 g/mol. The van der Waals surface area contributed by atoms with Gasteiger partial charge in [-0.3, -0.25) is 4.90 Å². The highest BCUT2D eigenvalue weighted by Gasteiger charge is 2.36. The molecule has 90 valence electrons. The predicted octanol–water partition coefficient (Wildman–Crippen LogP) is 2.78. The molecule has 0 aliphatic carbocycles. The average Bonchev–Trinajstić information content (AvgIpc) is 2.57. The lowest BCUT2D eigenvalue weighted by Crippen LogP contribution is -2.42. The van der Waals surface area contributed by atoms with Gasteiger partial charge in [0.15, 0.2) is 0 Å². The van der Waals surface area contributed by atoms with Crippen molar-refractivity contribution in [2.45, 2.75) is 53.1 Å². The lowest BCUT2D eigenvalue weighted by Gasteiger charge is -2.32. The van der Waals surface area contributed by atoms with Gasteiger partial charge in [-0.15, -0.1) is 0 Å². The van der Waals surface area contributed by atoms with Crippen LogP contribution in [0.4, 0.5) is 0 Å². The van der Waals surface area contributed by atoms with Crippen molar-refractivity contribution in [2.24, 2.45) is 11.8 Å². The fourth-order valence-electron chi connectivity index (χ4n) is 2.78. The molecule has 1 aliphatic heterocycles. The standard InChI is InChI=1S/C13H27NO/c1-6-15-9-13-12(10(2)3)7-8-14(13)11(4)5/h10-13H,6-9H2,1-5H3. The van der Waals surface area contributed by atoms with Gasteiger partial charge in [-0.1, -0.05) is 13.8 Å². The van der Waals surface area contributed by atoms with Gasteiger partial charge in [0.2, 0.25) is 0 Å². The molecule has 0 aromatic heterocycles. The maximum atomic E-state index is 5.64. The van der Waals surface area contributed by atoms with E-state index in [0.717, 1.165) is 25.0 Å². The Labute approximate surface area is 95.0 Å². The van der Waals surface area contributed by atoms with Gasteiger partial charge < -0.3 is 4.74 Å². The Morgan fingerprint density at radius 2 is 1.93 bits per heavy atom. The van der Waals surface area contributed by atoms with Gasteiger partial charge in [-0.25, -0.2) is 0 Å². The summed E-state index contributed by atoms with van der Waals surface area (Å²) >= 11 is 0. The van der Waals surface area contributed by atoms with Gasteiger partial charge in [0, 0.05) is 18.7 Å². The number of nitrogens with zero attached hydrogens (tertiary/aromatic N) is 1. The Morgan fingerprint density at radius 1 is 1.27 bits per heavy atom. The molecule has 2 atom stereocenters. The Hall–Kier alpha value is -0.0800. The fourth-order valence-corrected chi connectivity index (χ4v) is 2.78. The second kappa shape index (κ2) is 5.86. The first-order chi connectivity index (χ1) is 7.07. The van der Waals surface area contributed by atoms with E-state index < -0.39 is 0 Å². The van der Waals surface area contributed by atoms with Crippen LogP contribution in [0.25, 0.3) is 0 Å². The molecule has 2 heteroatoms. The van der Waals surface area contributed by atoms with Crippen molar-refractivity contribution in [1.82, 2.24) is 4.90 Å². The van der Waals surface area contributed by atoms with Crippen LogP contribution in [0.2, 0.25) is 0 Å². The highest BCUT2D eigenvalue weighted by molar-refractivity contribution is 4.89. The zero-order valence-corrected chi connectivity index (χ0v) is 11.0. The summed E-state index contributed by atoms with van der Waals surface area (Å²) in [7, 11) is 0. The molecule has 0 spiro atoms. The smallest absolute Gasteiger partial charge is 0.0624 e. The number of hydrogen-bond donors (Lipinski definition) is 0. The van der Waals surface area contributed by atoms with Crippen LogP contribution in [0.3, 0.4) is 0 Å². The Morgan fingerprint density at radius 3 is 2.40 bits per heavy atom. The van der Waals surface area contributed by atoms with Gasteiger partial charge in [0.25, 0.3) is 0 Å². The lowest BCUT2D eigenvalue weighted by atomic mass is 9.89. The lowest BCUT2D eigenvalue weighted by molar-refractivity contribution is 0.0498. The SMILES string of the molecule is CCOCC1C(C(C)C)CCN1C(C)C. The van der Waals surface area contributed by atoms with Crippen molar-refractivity contribution in [3.63, 3.8) is 0 Å². The zero-order chi connectivity index (χ0) is 11.4. The van der Waals surface area contributed by atoms with E-state index >= 15 is 0 Å². The Kier molecular flexibility index (Phi) is 5.07. The highest BCUT2D eigenvalue weighted by Crippen LogP contribution is 2.31. The molecular weight excluding hydrogens is 186 g/mol. The van der Waals surface area contributed by atoms with Gasteiger partial charge in [0.05, 0.1) is 6.61 Å². The van der Waals surface area contributed by atoms with E-state index in [0.29, 0.717) is 12.1 Å². The van der Waals surface area contributed by atoms with Gasteiger partial charge in [-0.05, 0) is 45.6 Å². The summed E-state index contributed by atoms with van der Waals surface area (Å²) in [6.45, 7) is 14.4. The normalized spacial score (nSPS) is 28.2. The van der Waals surface area contributed by atoms with Crippen molar-refractivity contribution in [2.75, 3.05) is 19.8 Å². The summed E-state index contributed by atoms with van der Waals surface area (Å²) < 4.78 is 5.64. The largest absolute Gasteiger partial charge is 0.380 e. The first-order valence-electron chi connectivity index (χ1n) is 6.41. The summed E-state index contributed by atoms with van der Waals surface area (Å²) in [6, 6.07) is 1.30. The number of hydrogen-bond acceptors (Lipinski definition) is 2. The zero-order valence-electron chi connectivity index (χ0n) is 11.0. The second-order valence-corrected chi connectivity index (χ2v) is 5.25. The Bertz CT molecular complexity index is 163. The molecule has 2 nitrogen and oxygen atoms in total. The second-order valence-electron chi connectivity index (χ2n) is 5.25. The maximum absolute atomic E-state index is 5.64. The molecule has 0 aromatic rings. The van der Waals surface area contributed by atoms with Crippen LogP contribution >= 0.6 is 0 Å². The molecule has 0 aromatic carbocycles. The molecule has 1 aliphatic rings. The molecule has 0 radical (unpaired) electrons. The number of likely N-dealkylation sites (tertiary alicyclic amines) is 1. The fraction of sp³-hybridized carbons (Fsp3) is 1.00. The van der Waals surface area contributed by atoms with E-state index in [9.17, 15) is 0 Å². The minimum absolute atomic E-state index is 0.643. The number of ether oxygens (including phenoxy) is 1. The van der Waals surface area contributed by atoms with E-state index in [1.807, 2.05) is 0 Å². The third kappa shape index (κ3) is 3.18. The van der Waals surface area contributed by atoms with Crippen molar-refractivity contribution in [1.29, 1.82) is 0 Å². The molecule has 1 rings (SSSR count). The predicted molar refractivity (Wildman–Crippen MR) is 65.1 cm³/mol. The summed E-state index contributed by atoms with van der Waals surface area (Å²) in [5.74, 6) is 1.60. The Balaban J connectivity index is 2.60. The van der Waals surface area contributed by atoms with E-state index in [2.05, 4.69) is 39.5 Å². The van der Waals surface area contributed by atoms with Gasteiger partial charge in [0.1, 0.15) is 0 Å². The molecule has 1 fully saturated rings. The summed E-state index contributed by atoms with van der Waals surface area (Å²) in [4.78, 5) is 2.61. The summed E-state index contributed by atoms with van der Waals surface area (Å²) in [6.07, 6.45) is 1.34. The molecule has 0 saturated carbocycles. The van der Waals surface area contributed by atoms with Crippen molar-refractivity contribution in [3.8, 4) is 0 Å². The number of rotatable bonds is 5. The van der Waals surface area contributed by atoms with E-state index in [4.69, 9.17) is 4.74 Å². The molecule has 0 amide bonds. The molecule has 0 N–H and O–H groups in total. The molecule has 0 bridgehead atoms. The van der Waals surface area contributed by atoms with Crippen molar-refractivity contribution < 1.29 is 4.74 Å². The molecule has 1 saturated heterocycles. The van der Waals surface area contributed by atoms with Gasteiger partial charge >= 0.3 is 0 Å². The highest BCUT2D eigenvalue weighted by atomic mass is 16.5. The van der Waals surface area contributed by atoms with Gasteiger partial charge in [-0.2, -0.15) is 0 Å². The van der Waals surface area contributed by atoms with Crippen LogP contribution < -0.4 is 0 Å². The minimum atomic E-state index is 0.643. The van der Waals surface area contributed by atoms with Crippen LogP contribution in [-0.4, -0.2) is 36.7 Å². The van der Waals surface area contributed by atoms with Crippen LogP contribution in [0.15, 0.2) is 0 Å². The quantitative estimate of drug-likeness (QED) is 0.696. The topological polar surface area (TPSA) is 12.5 Å². The van der Waals surface area contributed by atoms with E-state index in [1.54, 1.807) is 0 Å². The van der Waals surface area contributed by atoms with Crippen molar-refractivity contribution >= 4 is 0 Å². The first-order valence-corrected chi connectivity index (χ1v) is 6.41. The third-order valence-electron chi connectivity index (χ3n) is 3.65. The maximum Gasteiger partial charge on any atom is 0.0624 e. The summed E-state index contributed by atoms with van der Waals surface area (Å²) in [5, 5.41) is 0. The molecule has 15 heavy (non-hydrogen) atoms. The molecule has 1 heterocycles. The van der Waals surface area contributed by atoms with Crippen molar-refractivity contribution in [3.05, 3.63) is 0 Å². The molecule has 2 unspecified atom stereocenters. The van der Waals surface area contributed by atoms with E-state index in [1.165, 1.54) is 13.0 Å². The summed E-state index contributed by atoms with van der Waals surface area (Å²) in [5.41, 5.74) is 0. The third-order valence-corrected chi connectivity index (χ3v) is 3.65. The van der Waals surface area contributed by atoms with Crippen LogP contribution in [-0.2, 0) is 4.74 Å². The minimum Gasteiger partial charge on any atom is -0.380 e. The molecular formula is C13H27NO.